The zero-order valence-corrected chi connectivity index (χ0v) is 11.1. The third-order valence-electron chi connectivity index (χ3n) is 4.89. The number of nitrogens with two attached hydrogens (primary N) is 1. The molecule has 2 fully saturated rings. The molecule has 0 amide bonds. The fourth-order valence-corrected chi connectivity index (χ4v) is 3.96. The highest BCUT2D eigenvalue weighted by atomic mass is 15.3. The van der Waals surface area contributed by atoms with Crippen LogP contribution in [0.4, 0.5) is 0 Å². The van der Waals surface area contributed by atoms with Crippen LogP contribution in [0.2, 0.25) is 0 Å². The predicted octanol–water partition coefficient (Wildman–Crippen LogP) is 2.91. The lowest BCUT2D eigenvalue weighted by molar-refractivity contribution is 0.0232. The summed E-state index contributed by atoms with van der Waals surface area (Å²) < 4.78 is 0. The van der Waals surface area contributed by atoms with Gasteiger partial charge < -0.3 is 5.73 Å². The highest BCUT2D eigenvalue weighted by Gasteiger charge is 2.45. The van der Waals surface area contributed by atoms with Crippen LogP contribution in [0, 0.1) is 0 Å². The fraction of sp³-hybridized carbons (Fsp3) is 1.00. The maximum Gasteiger partial charge on any atom is 0.0337 e. The topological polar surface area (TPSA) is 29.3 Å². The zero-order chi connectivity index (χ0) is 11.6. The summed E-state index contributed by atoms with van der Waals surface area (Å²) in [5.41, 5.74) is 6.88. The van der Waals surface area contributed by atoms with Crippen LogP contribution < -0.4 is 5.73 Å². The molecule has 0 bridgehead atoms. The van der Waals surface area contributed by atoms with Gasteiger partial charge in [-0.1, -0.05) is 25.7 Å². The van der Waals surface area contributed by atoms with E-state index < -0.39 is 0 Å². The van der Waals surface area contributed by atoms with Gasteiger partial charge in [-0.05, 0) is 46.1 Å². The first-order valence-electron chi connectivity index (χ1n) is 7.09. The smallest absolute Gasteiger partial charge is 0.0337 e. The van der Waals surface area contributed by atoms with Gasteiger partial charge in [-0.3, -0.25) is 4.90 Å². The number of hydrogen-bond donors (Lipinski definition) is 1. The van der Waals surface area contributed by atoms with E-state index in [0.29, 0.717) is 11.1 Å². The molecule has 2 N–H and O–H groups in total. The first-order chi connectivity index (χ1) is 7.61. The van der Waals surface area contributed by atoms with Crippen molar-refractivity contribution < 1.29 is 0 Å². The first kappa shape index (κ1) is 12.4. The van der Waals surface area contributed by atoms with Crippen molar-refractivity contribution in [3.63, 3.8) is 0 Å². The number of likely N-dealkylation sites (tertiary alicyclic amines) is 1. The molecule has 1 aliphatic carbocycles. The second-order valence-electron chi connectivity index (χ2n) is 6.41. The molecule has 1 saturated carbocycles. The van der Waals surface area contributed by atoms with Crippen molar-refractivity contribution in [2.75, 3.05) is 13.1 Å². The standard InChI is InChI=1S/C14H28N2/c1-13(2)8-7-11-16(13)14(12-15)9-5-3-4-6-10-14/h3-12,15H2,1-2H3. The minimum Gasteiger partial charge on any atom is -0.329 e. The highest BCUT2D eigenvalue weighted by molar-refractivity contribution is 5.02. The highest BCUT2D eigenvalue weighted by Crippen LogP contribution is 2.41. The summed E-state index contributed by atoms with van der Waals surface area (Å²) >= 11 is 0. The van der Waals surface area contributed by atoms with Crippen LogP contribution in [-0.4, -0.2) is 29.1 Å². The van der Waals surface area contributed by atoms with Crippen molar-refractivity contribution in [1.82, 2.24) is 4.90 Å². The molecule has 0 aromatic carbocycles. The third-order valence-corrected chi connectivity index (χ3v) is 4.89. The molecule has 2 nitrogen and oxygen atoms in total. The lowest BCUT2D eigenvalue weighted by Gasteiger charge is -2.48. The molecule has 0 atom stereocenters. The van der Waals surface area contributed by atoms with Gasteiger partial charge in [0.1, 0.15) is 0 Å². The normalized spacial score (nSPS) is 30.2. The van der Waals surface area contributed by atoms with Crippen LogP contribution in [0.25, 0.3) is 0 Å². The summed E-state index contributed by atoms with van der Waals surface area (Å²) in [6.07, 6.45) is 10.9. The zero-order valence-electron chi connectivity index (χ0n) is 11.1. The lowest BCUT2D eigenvalue weighted by Crippen LogP contribution is -2.58. The van der Waals surface area contributed by atoms with Crippen molar-refractivity contribution in [3.8, 4) is 0 Å². The van der Waals surface area contributed by atoms with E-state index in [4.69, 9.17) is 5.73 Å². The van der Waals surface area contributed by atoms with E-state index in [2.05, 4.69) is 18.7 Å². The monoisotopic (exact) mass is 224 g/mol. The Bertz CT molecular complexity index is 227. The SMILES string of the molecule is CC1(C)CCCN1C1(CN)CCCCCC1. The van der Waals surface area contributed by atoms with Gasteiger partial charge in [0.05, 0.1) is 0 Å². The molecule has 16 heavy (non-hydrogen) atoms. The summed E-state index contributed by atoms with van der Waals surface area (Å²) in [7, 11) is 0. The third kappa shape index (κ3) is 2.14. The molecular formula is C14H28N2. The van der Waals surface area contributed by atoms with E-state index in [-0.39, 0.29) is 0 Å². The predicted molar refractivity (Wildman–Crippen MR) is 69.5 cm³/mol. The van der Waals surface area contributed by atoms with Gasteiger partial charge in [0.15, 0.2) is 0 Å². The average molecular weight is 224 g/mol. The molecule has 2 rings (SSSR count). The number of rotatable bonds is 2. The van der Waals surface area contributed by atoms with Crippen molar-refractivity contribution in [2.45, 2.75) is 76.3 Å². The first-order valence-corrected chi connectivity index (χ1v) is 7.09. The van der Waals surface area contributed by atoms with E-state index in [1.807, 2.05) is 0 Å². The molecule has 94 valence electrons. The Morgan fingerprint density at radius 3 is 2.00 bits per heavy atom. The molecule has 0 aromatic heterocycles. The summed E-state index contributed by atoms with van der Waals surface area (Å²) in [5.74, 6) is 0. The molecule has 1 heterocycles. The van der Waals surface area contributed by atoms with E-state index in [9.17, 15) is 0 Å². The minimum atomic E-state index is 0.330. The van der Waals surface area contributed by atoms with Crippen molar-refractivity contribution >= 4 is 0 Å². The summed E-state index contributed by atoms with van der Waals surface area (Å²) in [6, 6.07) is 0. The van der Waals surface area contributed by atoms with Gasteiger partial charge in [0.25, 0.3) is 0 Å². The Labute approximate surface area is 101 Å². The van der Waals surface area contributed by atoms with Gasteiger partial charge in [0.2, 0.25) is 0 Å². The Morgan fingerprint density at radius 1 is 0.938 bits per heavy atom. The number of hydrogen-bond acceptors (Lipinski definition) is 2. The molecular weight excluding hydrogens is 196 g/mol. The van der Waals surface area contributed by atoms with Crippen LogP contribution >= 0.6 is 0 Å². The molecule has 0 aromatic rings. The molecule has 0 unspecified atom stereocenters. The van der Waals surface area contributed by atoms with E-state index in [1.165, 1.54) is 57.9 Å². The van der Waals surface area contributed by atoms with Crippen LogP contribution in [0.15, 0.2) is 0 Å². The molecule has 1 saturated heterocycles. The van der Waals surface area contributed by atoms with E-state index in [1.54, 1.807) is 0 Å². The van der Waals surface area contributed by atoms with Crippen LogP contribution in [0.3, 0.4) is 0 Å². The van der Waals surface area contributed by atoms with Crippen LogP contribution in [0.5, 0.6) is 0 Å². The molecule has 0 radical (unpaired) electrons. The van der Waals surface area contributed by atoms with Crippen molar-refractivity contribution in [1.29, 1.82) is 0 Å². The van der Waals surface area contributed by atoms with E-state index >= 15 is 0 Å². The quantitative estimate of drug-likeness (QED) is 0.731. The van der Waals surface area contributed by atoms with Gasteiger partial charge in [0, 0.05) is 17.6 Å². The molecule has 2 heteroatoms. The Hall–Kier alpha value is -0.0800. The summed E-state index contributed by atoms with van der Waals surface area (Å²) in [4.78, 5) is 2.76. The molecule has 0 spiro atoms. The molecule has 1 aliphatic heterocycles. The van der Waals surface area contributed by atoms with Gasteiger partial charge in [-0.15, -0.1) is 0 Å². The maximum atomic E-state index is 6.17. The Kier molecular flexibility index (Phi) is 3.60. The van der Waals surface area contributed by atoms with Crippen LogP contribution in [0.1, 0.15) is 65.2 Å². The molecule has 2 aliphatic rings. The van der Waals surface area contributed by atoms with Crippen LogP contribution in [-0.2, 0) is 0 Å². The largest absolute Gasteiger partial charge is 0.329 e. The minimum absolute atomic E-state index is 0.330. The van der Waals surface area contributed by atoms with Gasteiger partial charge in [-0.25, -0.2) is 0 Å². The van der Waals surface area contributed by atoms with E-state index in [0.717, 1.165) is 6.54 Å². The Balaban J connectivity index is 2.18. The average Bonchev–Trinajstić information content (AvgIpc) is 2.51. The second-order valence-corrected chi connectivity index (χ2v) is 6.41. The summed E-state index contributed by atoms with van der Waals surface area (Å²) in [6.45, 7) is 6.94. The van der Waals surface area contributed by atoms with Crippen molar-refractivity contribution in [3.05, 3.63) is 0 Å². The Morgan fingerprint density at radius 2 is 1.56 bits per heavy atom. The van der Waals surface area contributed by atoms with Crippen molar-refractivity contribution in [2.24, 2.45) is 5.73 Å². The van der Waals surface area contributed by atoms with Gasteiger partial charge in [-0.2, -0.15) is 0 Å². The second kappa shape index (κ2) is 4.66. The summed E-state index contributed by atoms with van der Waals surface area (Å²) in [5, 5.41) is 0. The lowest BCUT2D eigenvalue weighted by atomic mass is 9.85. The van der Waals surface area contributed by atoms with Gasteiger partial charge >= 0.3 is 0 Å². The number of nitrogens with zero attached hydrogens (tertiary/aromatic N) is 1. The maximum absolute atomic E-state index is 6.17. The fourth-order valence-electron chi connectivity index (χ4n) is 3.96.